The van der Waals surface area contributed by atoms with E-state index in [1.807, 2.05) is 23.2 Å². The number of aromatic nitrogens is 1. The molecule has 0 aliphatic carbocycles. The first-order valence-electron chi connectivity index (χ1n) is 8.77. The van der Waals surface area contributed by atoms with Crippen molar-refractivity contribution in [3.05, 3.63) is 47.7 Å². The summed E-state index contributed by atoms with van der Waals surface area (Å²) in [6.45, 7) is 4.65. The molecule has 2 saturated heterocycles. The minimum absolute atomic E-state index is 0.0577. The summed E-state index contributed by atoms with van der Waals surface area (Å²) in [5.41, 5.74) is 2.19. The Hall–Kier alpha value is -2.47. The van der Waals surface area contributed by atoms with E-state index in [-0.39, 0.29) is 11.4 Å². The van der Waals surface area contributed by atoms with Crippen LogP contribution >= 0.6 is 11.6 Å². The summed E-state index contributed by atoms with van der Waals surface area (Å²) >= 11 is 6.03. The van der Waals surface area contributed by atoms with E-state index in [2.05, 4.69) is 16.0 Å². The first-order chi connectivity index (χ1) is 12.6. The van der Waals surface area contributed by atoms with Crippen molar-refractivity contribution in [1.29, 1.82) is 0 Å². The Morgan fingerprint density at radius 2 is 2.04 bits per heavy atom. The van der Waals surface area contributed by atoms with Crippen LogP contribution in [0.1, 0.15) is 0 Å². The molecule has 134 valence electrons. The van der Waals surface area contributed by atoms with E-state index in [9.17, 15) is 4.79 Å². The maximum atomic E-state index is 12.9. The standard InChI is InChI=1S/C19H19ClN4O2/c20-14-3-4-16-17(8-14)26-7-6-24(16)18(25)23-12-19(13-23)10-22(11-19)15-2-1-5-21-9-15/h1-5,8-9H,6-7,10-13H2. The summed E-state index contributed by atoms with van der Waals surface area (Å²) in [6.07, 6.45) is 3.68. The second-order valence-corrected chi connectivity index (χ2v) is 7.75. The predicted molar refractivity (Wildman–Crippen MR) is 100 cm³/mol. The fraction of sp³-hybridized carbons (Fsp3) is 0.368. The molecule has 4 heterocycles. The summed E-state index contributed by atoms with van der Waals surface area (Å²) in [5, 5.41) is 0.617. The van der Waals surface area contributed by atoms with Crippen LogP contribution in [0.25, 0.3) is 0 Å². The highest BCUT2D eigenvalue weighted by Crippen LogP contribution is 2.43. The van der Waals surface area contributed by atoms with Gasteiger partial charge in [-0.2, -0.15) is 0 Å². The number of likely N-dealkylation sites (tertiary alicyclic amines) is 1. The average molecular weight is 371 g/mol. The number of nitrogens with zero attached hydrogens (tertiary/aromatic N) is 4. The SMILES string of the molecule is O=C(N1CC2(C1)CN(c1cccnc1)C2)N1CCOc2cc(Cl)ccc21. The smallest absolute Gasteiger partial charge is 0.324 e. The third-order valence-electron chi connectivity index (χ3n) is 5.40. The van der Waals surface area contributed by atoms with Crippen LogP contribution in [0.15, 0.2) is 42.7 Å². The minimum atomic E-state index is 0.0577. The Morgan fingerprint density at radius 1 is 1.19 bits per heavy atom. The van der Waals surface area contributed by atoms with Crippen molar-refractivity contribution in [1.82, 2.24) is 9.88 Å². The van der Waals surface area contributed by atoms with Crippen molar-refractivity contribution in [3.63, 3.8) is 0 Å². The van der Waals surface area contributed by atoms with E-state index in [1.54, 1.807) is 23.2 Å². The summed E-state index contributed by atoms with van der Waals surface area (Å²) in [4.78, 5) is 23.2. The zero-order valence-electron chi connectivity index (χ0n) is 14.3. The van der Waals surface area contributed by atoms with E-state index in [0.29, 0.717) is 23.9 Å². The number of ether oxygens (including phenoxy) is 1. The van der Waals surface area contributed by atoms with Crippen molar-refractivity contribution < 1.29 is 9.53 Å². The lowest BCUT2D eigenvalue weighted by Gasteiger charge is -2.61. The maximum Gasteiger partial charge on any atom is 0.324 e. The number of carbonyl (C=O) groups is 1. The maximum absolute atomic E-state index is 12.9. The molecule has 26 heavy (non-hydrogen) atoms. The van der Waals surface area contributed by atoms with Gasteiger partial charge in [-0.15, -0.1) is 0 Å². The zero-order valence-corrected chi connectivity index (χ0v) is 15.0. The molecule has 1 aromatic carbocycles. The molecule has 2 fully saturated rings. The Morgan fingerprint density at radius 3 is 2.81 bits per heavy atom. The number of halogens is 1. The first-order valence-corrected chi connectivity index (χ1v) is 9.15. The molecule has 3 aliphatic heterocycles. The van der Waals surface area contributed by atoms with E-state index < -0.39 is 0 Å². The number of benzene rings is 1. The number of amides is 2. The Balaban J connectivity index is 1.24. The summed E-state index contributed by atoms with van der Waals surface area (Å²) < 4.78 is 5.64. The number of hydrogen-bond donors (Lipinski definition) is 0. The summed E-state index contributed by atoms with van der Waals surface area (Å²) in [5.74, 6) is 0.679. The lowest BCUT2D eigenvalue weighted by atomic mass is 9.73. The van der Waals surface area contributed by atoms with Gasteiger partial charge in [0.05, 0.1) is 24.1 Å². The van der Waals surface area contributed by atoms with Crippen LogP contribution in [0.2, 0.25) is 5.02 Å². The second kappa shape index (κ2) is 5.77. The van der Waals surface area contributed by atoms with Crippen molar-refractivity contribution >= 4 is 29.0 Å². The number of fused-ring (bicyclic) bond motifs is 1. The molecular formula is C19H19ClN4O2. The number of rotatable bonds is 1. The Labute approximate surface area is 156 Å². The molecule has 0 radical (unpaired) electrons. The van der Waals surface area contributed by atoms with Gasteiger partial charge in [-0.1, -0.05) is 11.6 Å². The van der Waals surface area contributed by atoms with Gasteiger partial charge < -0.3 is 14.5 Å². The molecular weight excluding hydrogens is 352 g/mol. The van der Waals surface area contributed by atoms with Crippen molar-refractivity contribution in [3.8, 4) is 5.75 Å². The molecule has 0 bridgehead atoms. The largest absolute Gasteiger partial charge is 0.489 e. The quantitative estimate of drug-likeness (QED) is 0.774. The lowest BCUT2D eigenvalue weighted by Crippen LogP contribution is -2.74. The fourth-order valence-corrected chi connectivity index (χ4v) is 4.31. The second-order valence-electron chi connectivity index (χ2n) is 7.32. The van der Waals surface area contributed by atoms with Crippen LogP contribution in [0, 0.1) is 5.41 Å². The van der Waals surface area contributed by atoms with Gasteiger partial charge in [0.2, 0.25) is 0 Å². The molecule has 1 aromatic heterocycles. The Bertz CT molecular complexity index is 846. The number of pyridine rings is 1. The molecule has 0 atom stereocenters. The van der Waals surface area contributed by atoms with Gasteiger partial charge >= 0.3 is 6.03 Å². The van der Waals surface area contributed by atoms with Crippen LogP contribution in [0.4, 0.5) is 16.2 Å². The molecule has 5 rings (SSSR count). The topological polar surface area (TPSA) is 48.9 Å². The molecule has 2 aromatic rings. The van der Waals surface area contributed by atoms with Gasteiger partial charge in [0.1, 0.15) is 12.4 Å². The number of carbonyl (C=O) groups excluding carboxylic acids is 1. The van der Waals surface area contributed by atoms with Crippen LogP contribution in [0.5, 0.6) is 5.75 Å². The van der Waals surface area contributed by atoms with Crippen molar-refractivity contribution in [2.75, 3.05) is 49.1 Å². The highest BCUT2D eigenvalue weighted by Gasteiger charge is 2.54. The van der Waals surface area contributed by atoms with Gasteiger partial charge in [0.15, 0.2) is 0 Å². The highest BCUT2D eigenvalue weighted by molar-refractivity contribution is 6.30. The summed E-state index contributed by atoms with van der Waals surface area (Å²) in [7, 11) is 0. The lowest BCUT2D eigenvalue weighted by molar-refractivity contribution is 0.00966. The van der Waals surface area contributed by atoms with E-state index in [0.717, 1.165) is 37.6 Å². The number of urea groups is 1. The van der Waals surface area contributed by atoms with Crippen molar-refractivity contribution in [2.24, 2.45) is 5.41 Å². The molecule has 0 saturated carbocycles. The minimum Gasteiger partial charge on any atom is -0.489 e. The van der Waals surface area contributed by atoms with Gasteiger partial charge in [-0.05, 0) is 24.3 Å². The van der Waals surface area contributed by atoms with E-state index >= 15 is 0 Å². The third-order valence-corrected chi connectivity index (χ3v) is 5.64. The van der Waals surface area contributed by atoms with Crippen LogP contribution in [-0.4, -0.2) is 55.2 Å². The predicted octanol–water partition coefficient (Wildman–Crippen LogP) is 2.88. The highest BCUT2D eigenvalue weighted by atomic mass is 35.5. The zero-order chi connectivity index (χ0) is 17.7. The van der Waals surface area contributed by atoms with Crippen LogP contribution in [-0.2, 0) is 0 Å². The monoisotopic (exact) mass is 370 g/mol. The van der Waals surface area contributed by atoms with Crippen LogP contribution in [0.3, 0.4) is 0 Å². The van der Waals surface area contributed by atoms with Crippen molar-refractivity contribution in [2.45, 2.75) is 0 Å². The third kappa shape index (κ3) is 2.48. The molecule has 1 spiro atoms. The summed E-state index contributed by atoms with van der Waals surface area (Å²) in [6, 6.07) is 9.52. The van der Waals surface area contributed by atoms with E-state index in [4.69, 9.17) is 16.3 Å². The van der Waals surface area contributed by atoms with E-state index in [1.165, 1.54) is 0 Å². The molecule has 2 amide bonds. The number of hydrogen-bond acceptors (Lipinski definition) is 4. The molecule has 0 unspecified atom stereocenters. The van der Waals surface area contributed by atoms with Gasteiger partial charge in [-0.25, -0.2) is 4.79 Å². The number of anilines is 2. The van der Waals surface area contributed by atoms with Gasteiger partial charge in [0.25, 0.3) is 0 Å². The molecule has 6 nitrogen and oxygen atoms in total. The fourth-order valence-electron chi connectivity index (χ4n) is 4.15. The van der Waals surface area contributed by atoms with Gasteiger partial charge in [-0.3, -0.25) is 9.88 Å². The molecule has 0 N–H and O–H groups in total. The van der Waals surface area contributed by atoms with Crippen LogP contribution < -0.4 is 14.5 Å². The first kappa shape index (κ1) is 15.8. The molecule has 3 aliphatic rings. The normalized spacial score (nSPS) is 20.1. The Kier molecular flexibility index (Phi) is 3.50. The molecule has 7 heteroatoms. The van der Waals surface area contributed by atoms with Gasteiger partial charge in [0, 0.05) is 48.9 Å². The average Bonchev–Trinajstić information content (AvgIpc) is 2.59.